The van der Waals surface area contributed by atoms with E-state index in [0.29, 0.717) is 0 Å². The number of nitrogens with two attached hydrogens (primary N) is 1. The number of halogens is 1. The van der Waals surface area contributed by atoms with Crippen LogP contribution in [-0.4, -0.2) is 25.5 Å². The van der Waals surface area contributed by atoms with E-state index in [1.165, 1.54) is 10.5 Å². The van der Waals surface area contributed by atoms with E-state index in [0.717, 1.165) is 23.3 Å². The van der Waals surface area contributed by atoms with Crippen LogP contribution in [0.5, 0.6) is 0 Å². The van der Waals surface area contributed by atoms with Gasteiger partial charge in [-0.1, -0.05) is 6.07 Å². The van der Waals surface area contributed by atoms with E-state index in [9.17, 15) is 0 Å². The Balaban J connectivity index is 2.60. The molecule has 1 atom stereocenters. The Kier molecular flexibility index (Phi) is 6.43. The van der Waals surface area contributed by atoms with Crippen molar-refractivity contribution in [1.82, 2.24) is 0 Å². The molecule has 0 aromatic heterocycles. The van der Waals surface area contributed by atoms with E-state index in [1.54, 1.807) is 18.9 Å². The van der Waals surface area contributed by atoms with Crippen molar-refractivity contribution in [3.8, 4) is 0 Å². The first kappa shape index (κ1) is 14.0. The molecule has 16 heavy (non-hydrogen) atoms. The Morgan fingerprint density at radius 1 is 1.50 bits per heavy atom. The highest BCUT2D eigenvalue weighted by atomic mass is 79.9. The largest absolute Gasteiger partial charge is 0.384 e. The highest BCUT2D eigenvalue weighted by Gasteiger charge is 2.03. The lowest BCUT2D eigenvalue weighted by Gasteiger charge is -2.09. The molecule has 0 saturated heterocycles. The molecule has 0 aliphatic rings. The molecule has 0 spiro atoms. The fourth-order valence-corrected chi connectivity index (χ4v) is 3.00. The number of thioether (sulfide) groups is 1. The van der Waals surface area contributed by atoms with Gasteiger partial charge in [0.15, 0.2) is 0 Å². The summed E-state index contributed by atoms with van der Waals surface area (Å²) in [4.78, 5) is 1.26. The molecular weight excluding hydrogens is 286 g/mol. The molecule has 1 rings (SSSR count). The highest BCUT2D eigenvalue weighted by molar-refractivity contribution is 9.10. The second-order valence-electron chi connectivity index (χ2n) is 3.79. The Morgan fingerprint density at radius 2 is 2.25 bits per heavy atom. The summed E-state index contributed by atoms with van der Waals surface area (Å²) in [6.07, 6.45) is 0.918. The van der Waals surface area contributed by atoms with E-state index in [1.807, 2.05) is 6.92 Å². The monoisotopic (exact) mass is 303 g/mol. The van der Waals surface area contributed by atoms with Crippen LogP contribution in [0.15, 0.2) is 27.6 Å². The molecule has 1 aromatic rings. The van der Waals surface area contributed by atoms with E-state index >= 15 is 0 Å². The Labute approximate surface area is 110 Å². The molecule has 1 unspecified atom stereocenters. The first-order valence-corrected chi connectivity index (χ1v) is 7.07. The minimum Gasteiger partial charge on any atom is -0.384 e. The van der Waals surface area contributed by atoms with Crippen LogP contribution in [0.25, 0.3) is 0 Å². The number of benzene rings is 1. The third-order valence-corrected chi connectivity index (χ3v) is 4.06. The Morgan fingerprint density at radius 3 is 2.81 bits per heavy atom. The number of methoxy groups -OCH3 is 1. The summed E-state index contributed by atoms with van der Waals surface area (Å²) < 4.78 is 6.17. The molecule has 0 aliphatic heterocycles. The van der Waals surface area contributed by atoms with Crippen LogP contribution in [-0.2, 0) is 11.2 Å². The Bertz CT molecular complexity index is 331. The van der Waals surface area contributed by atoms with Gasteiger partial charge in [0.05, 0.1) is 6.61 Å². The topological polar surface area (TPSA) is 35.2 Å². The molecule has 4 heteroatoms. The molecule has 2 nitrogen and oxygen atoms in total. The van der Waals surface area contributed by atoms with Gasteiger partial charge in [-0.05, 0) is 47.0 Å². The van der Waals surface area contributed by atoms with Gasteiger partial charge in [0.2, 0.25) is 0 Å². The van der Waals surface area contributed by atoms with E-state index < -0.39 is 0 Å². The molecule has 0 amide bonds. The molecule has 0 aliphatic carbocycles. The van der Waals surface area contributed by atoms with Crippen molar-refractivity contribution in [2.24, 2.45) is 5.73 Å². The van der Waals surface area contributed by atoms with Gasteiger partial charge in [-0.2, -0.15) is 0 Å². The number of hydrogen-bond donors (Lipinski definition) is 1. The maximum absolute atomic E-state index is 5.77. The van der Waals surface area contributed by atoms with Crippen LogP contribution < -0.4 is 5.73 Å². The first-order chi connectivity index (χ1) is 7.63. The third-order valence-electron chi connectivity index (χ3n) is 2.10. The van der Waals surface area contributed by atoms with E-state index in [2.05, 4.69) is 34.1 Å². The summed E-state index contributed by atoms with van der Waals surface area (Å²) >= 11 is 5.38. The molecule has 90 valence electrons. The van der Waals surface area contributed by atoms with Gasteiger partial charge in [-0.25, -0.2) is 0 Å². The zero-order chi connectivity index (χ0) is 12.0. The second-order valence-corrected chi connectivity index (χ2v) is 5.78. The smallest absolute Gasteiger partial charge is 0.0556 e. The van der Waals surface area contributed by atoms with Crippen molar-refractivity contribution in [3.05, 3.63) is 28.2 Å². The van der Waals surface area contributed by atoms with Crippen molar-refractivity contribution >= 4 is 27.7 Å². The van der Waals surface area contributed by atoms with Crippen molar-refractivity contribution in [1.29, 1.82) is 0 Å². The summed E-state index contributed by atoms with van der Waals surface area (Å²) in [7, 11) is 1.72. The van der Waals surface area contributed by atoms with Gasteiger partial charge in [0.1, 0.15) is 0 Å². The van der Waals surface area contributed by atoms with Crippen LogP contribution in [0.2, 0.25) is 0 Å². The summed E-state index contributed by atoms with van der Waals surface area (Å²) in [6.45, 7) is 2.80. The van der Waals surface area contributed by atoms with Gasteiger partial charge < -0.3 is 10.5 Å². The lowest BCUT2D eigenvalue weighted by Crippen LogP contribution is -2.17. The lowest BCUT2D eigenvalue weighted by atomic mass is 10.1. The number of hydrogen-bond acceptors (Lipinski definition) is 3. The SMILES string of the molecule is COCCSc1ccc(CC(C)N)cc1Br. The summed E-state index contributed by atoms with van der Waals surface area (Å²) in [5.74, 6) is 0.974. The van der Waals surface area contributed by atoms with Crippen molar-refractivity contribution in [2.45, 2.75) is 24.3 Å². The molecule has 0 radical (unpaired) electrons. The first-order valence-electron chi connectivity index (χ1n) is 5.29. The molecule has 2 N–H and O–H groups in total. The summed E-state index contributed by atoms with van der Waals surface area (Å²) in [6, 6.07) is 6.64. The fourth-order valence-electron chi connectivity index (χ4n) is 1.40. The van der Waals surface area contributed by atoms with Crippen molar-refractivity contribution in [2.75, 3.05) is 19.5 Å². The lowest BCUT2D eigenvalue weighted by molar-refractivity contribution is 0.218. The average molecular weight is 304 g/mol. The number of ether oxygens (including phenoxy) is 1. The maximum atomic E-state index is 5.77. The summed E-state index contributed by atoms with van der Waals surface area (Å²) in [5.41, 5.74) is 7.05. The average Bonchev–Trinajstić information content (AvgIpc) is 2.20. The predicted molar refractivity (Wildman–Crippen MR) is 74.1 cm³/mol. The molecule has 0 fully saturated rings. The molecule has 0 saturated carbocycles. The fraction of sp³-hybridized carbons (Fsp3) is 0.500. The third kappa shape index (κ3) is 4.87. The Hall–Kier alpha value is -0.0300. The zero-order valence-corrected chi connectivity index (χ0v) is 12.1. The quantitative estimate of drug-likeness (QED) is 0.648. The molecular formula is C12H18BrNOS. The van der Waals surface area contributed by atoms with E-state index in [-0.39, 0.29) is 6.04 Å². The van der Waals surface area contributed by atoms with Crippen LogP contribution >= 0.6 is 27.7 Å². The highest BCUT2D eigenvalue weighted by Crippen LogP contribution is 2.28. The normalized spacial score (nSPS) is 12.8. The van der Waals surface area contributed by atoms with Gasteiger partial charge in [-0.15, -0.1) is 11.8 Å². The van der Waals surface area contributed by atoms with E-state index in [4.69, 9.17) is 10.5 Å². The van der Waals surface area contributed by atoms with Crippen molar-refractivity contribution < 1.29 is 4.74 Å². The van der Waals surface area contributed by atoms with Gasteiger partial charge in [0, 0.05) is 28.3 Å². The van der Waals surface area contributed by atoms with Crippen LogP contribution in [0.3, 0.4) is 0 Å². The predicted octanol–water partition coefficient (Wildman–Crippen LogP) is 3.08. The standard InChI is InChI=1S/C12H18BrNOS/c1-9(14)7-10-3-4-12(11(13)8-10)16-6-5-15-2/h3-4,8-9H,5-7,14H2,1-2H3. The van der Waals surface area contributed by atoms with Gasteiger partial charge in [0.25, 0.3) is 0 Å². The van der Waals surface area contributed by atoms with Crippen LogP contribution in [0.4, 0.5) is 0 Å². The van der Waals surface area contributed by atoms with Crippen LogP contribution in [0.1, 0.15) is 12.5 Å². The van der Waals surface area contributed by atoms with Crippen LogP contribution in [0, 0.1) is 0 Å². The number of rotatable bonds is 6. The molecule has 0 heterocycles. The second kappa shape index (κ2) is 7.33. The minimum absolute atomic E-state index is 0.207. The van der Waals surface area contributed by atoms with Gasteiger partial charge in [-0.3, -0.25) is 0 Å². The molecule has 0 bridgehead atoms. The zero-order valence-electron chi connectivity index (χ0n) is 9.70. The maximum Gasteiger partial charge on any atom is 0.0556 e. The molecule has 1 aromatic carbocycles. The van der Waals surface area contributed by atoms with Gasteiger partial charge >= 0.3 is 0 Å². The minimum atomic E-state index is 0.207. The summed E-state index contributed by atoms with van der Waals surface area (Å²) in [5, 5.41) is 0. The van der Waals surface area contributed by atoms with Crippen molar-refractivity contribution in [3.63, 3.8) is 0 Å².